The second kappa shape index (κ2) is 16.4. The lowest BCUT2D eigenvalue weighted by Crippen LogP contribution is -2.47. The van der Waals surface area contributed by atoms with Crippen molar-refractivity contribution in [1.29, 1.82) is 0 Å². The maximum atomic E-state index is 13.2. The molecule has 2 atom stereocenters. The number of benzene rings is 3. The van der Waals surface area contributed by atoms with E-state index in [1.807, 2.05) is 36.4 Å². The lowest BCUT2D eigenvalue weighted by Gasteiger charge is -2.28. The van der Waals surface area contributed by atoms with Crippen molar-refractivity contribution in [2.24, 2.45) is 0 Å². The standard InChI is InChI=1S/C34H40O8/c1-5-38-29(35)24-40-30(32(36)41-23-26-15-8-6-9-16-26)31(33(37)42-34(2,3)4)39-21-13-7-10-14-25-19-20-27-17-11-12-18-28(27)22-25/h6-9,11-13,15-20,22,30-31H,5,10,14,21,23-24H2,1-4H3/t30-,31-/m1/s1. The molecule has 224 valence electrons. The number of carbonyl (C=O) groups excluding carboxylic acids is 3. The van der Waals surface area contributed by atoms with Crippen molar-refractivity contribution in [2.75, 3.05) is 19.8 Å². The van der Waals surface area contributed by atoms with Crippen molar-refractivity contribution in [3.05, 3.63) is 96.1 Å². The van der Waals surface area contributed by atoms with Crippen LogP contribution < -0.4 is 0 Å². The SMILES string of the molecule is CCOC(=O)CO[C@@H](C(=O)OCc1ccccc1)[C@@H](OCC=CCCc1ccc2ccccc2c1)C(=O)OC(C)(C)C. The summed E-state index contributed by atoms with van der Waals surface area (Å²) in [6.07, 6.45) is 2.26. The van der Waals surface area contributed by atoms with Gasteiger partial charge in [0.05, 0.1) is 13.2 Å². The zero-order valence-electron chi connectivity index (χ0n) is 24.7. The highest BCUT2D eigenvalue weighted by atomic mass is 16.6. The van der Waals surface area contributed by atoms with Gasteiger partial charge < -0.3 is 23.7 Å². The van der Waals surface area contributed by atoms with E-state index >= 15 is 0 Å². The molecular formula is C34H40O8. The van der Waals surface area contributed by atoms with E-state index in [1.54, 1.807) is 45.9 Å². The molecule has 0 aliphatic heterocycles. The number of hydrogen-bond donors (Lipinski definition) is 0. The highest BCUT2D eigenvalue weighted by Gasteiger charge is 2.40. The molecule has 0 fully saturated rings. The third-order valence-corrected chi connectivity index (χ3v) is 6.01. The van der Waals surface area contributed by atoms with E-state index in [9.17, 15) is 14.4 Å². The molecule has 42 heavy (non-hydrogen) atoms. The molecule has 0 amide bonds. The first-order valence-corrected chi connectivity index (χ1v) is 14.1. The highest BCUT2D eigenvalue weighted by Crippen LogP contribution is 2.18. The Balaban J connectivity index is 1.68. The molecule has 3 rings (SSSR count). The van der Waals surface area contributed by atoms with Gasteiger partial charge in [-0.3, -0.25) is 0 Å². The van der Waals surface area contributed by atoms with Crippen LogP contribution in [0.15, 0.2) is 84.9 Å². The lowest BCUT2D eigenvalue weighted by atomic mass is 10.0. The van der Waals surface area contributed by atoms with Crippen molar-refractivity contribution in [3.63, 3.8) is 0 Å². The van der Waals surface area contributed by atoms with Gasteiger partial charge in [-0.15, -0.1) is 0 Å². The quantitative estimate of drug-likeness (QED) is 0.128. The number of esters is 3. The summed E-state index contributed by atoms with van der Waals surface area (Å²) in [5.41, 5.74) is 1.10. The van der Waals surface area contributed by atoms with Gasteiger partial charge >= 0.3 is 17.9 Å². The maximum Gasteiger partial charge on any atom is 0.339 e. The van der Waals surface area contributed by atoms with Crippen LogP contribution in [0.5, 0.6) is 0 Å². The van der Waals surface area contributed by atoms with Gasteiger partial charge in [-0.2, -0.15) is 0 Å². The van der Waals surface area contributed by atoms with E-state index in [1.165, 1.54) is 16.3 Å². The molecule has 0 aliphatic carbocycles. The molecule has 0 aromatic heterocycles. The normalized spacial score (nSPS) is 13.0. The largest absolute Gasteiger partial charge is 0.464 e. The summed E-state index contributed by atoms with van der Waals surface area (Å²) in [5.74, 6) is -2.35. The van der Waals surface area contributed by atoms with Gasteiger partial charge in [0.15, 0.2) is 12.2 Å². The first kappa shape index (κ1) is 32.5. The molecule has 0 radical (unpaired) electrons. The molecule has 0 saturated carbocycles. The molecule has 3 aromatic rings. The molecule has 0 bridgehead atoms. The Bertz CT molecular complexity index is 1330. The molecule has 0 unspecified atom stereocenters. The summed E-state index contributed by atoms with van der Waals surface area (Å²) < 4.78 is 27.3. The lowest BCUT2D eigenvalue weighted by molar-refractivity contribution is -0.191. The van der Waals surface area contributed by atoms with Crippen LogP contribution in [0.4, 0.5) is 0 Å². The number of ether oxygens (including phenoxy) is 5. The molecule has 0 N–H and O–H groups in total. The van der Waals surface area contributed by atoms with E-state index in [0.29, 0.717) is 0 Å². The Hall–Kier alpha value is -4.01. The third-order valence-electron chi connectivity index (χ3n) is 6.01. The molecule has 0 saturated heterocycles. The average molecular weight is 577 g/mol. The van der Waals surface area contributed by atoms with Crippen LogP contribution in [0.25, 0.3) is 10.8 Å². The summed E-state index contributed by atoms with van der Waals surface area (Å²) in [5, 5.41) is 2.39. The predicted octanol–water partition coefficient (Wildman–Crippen LogP) is 5.75. The summed E-state index contributed by atoms with van der Waals surface area (Å²) in [7, 11) is 0. The molecule has 8 heteroatoms. The molecule has 0 aliphatic rings. The van der Waals surface area contributed by atoms with Crippen molar-refractivity contribution >= 4 is 28.7 Å². The van der Waals surface area contributed by atoms with E-state index in [0.717, 1.165) is 18.4 Å². The topological polar surface area (TPSA) is 97.4 Å². The second-order valence-corrected chi connectivity index (χ2v) is 10.6. The minimum atomic E-state index is -1.56. The fraction of sp³-hybridized carbons (Fsp3) is 0.382. The number of rotatable bonds is 15. The predicted molar refractivity (Wildman–Crippen MR) is 160 cm³/mol. The van der Waals surface area contributed by atoms with Crippen LogP contribution in [-0.2, 0) is 51.1 Å². The molecule has 0 spiro atoms. The minimum Gasteiger partial charge on any atom is -0.464 e. The number of fused-ring (bicyclic) bond motifs is 1. The van der Waals surface area contributed by atoms with E-state index < -0.39 is 42.3 Å². The van der Waals surface area contributed by atoms with E-state index in [2.05, 4.69) is 30.3 Å². The van der Waals surface area contributed by atoms with Crippen LogP contribution >= 0.6 is 0 Å². The summed E-state index contributed by atoms with van der Waals surface area (Å²) in [4.78, 5) is 38.4. The van der Waals surface area contributed by atoms with Gasteiger partial charge in [-0.1, -0.05) is 84.9 Å². The first-order valence-electron chi connectivity index (χ1n) is 14.1. The fourth-order valence-electron chi connectivity index (χ4n) is 4.08. The van der Waals surface area contributed by atoms with E-state index in [4.69, 9.17) is 23.7 Å². The maximum absolute atomic E-state index is 13.2. The van der Waals surface area contributed by atoms with Gasteiger partial charge in [0, 0.05) is 0 Å². The Morgan fingerprint density at radius 1 is 0.762 bits per heavy atom. The van der Waals surface area contributed by atoms with Gasteiger partial charge in [0.1, 0.15) is 18.8 Å². The Labute approximate surface area is 247 Å². The first-order chi connectivity index (χ1) is 20.2. The molecule has 3 aromatic carbocycles. The molecular weight excluding hydrogens is 536 g/mol. The Kier molecular flexibility index (Phi) is 12.7. The third kappa shape index (κ3) is 11.1. The zero-order chi connectivity index (χ0) is 30.4. The van der Waals surface area contributed by atoms with Gasteiger partial charge in [0.25, 0.3) is 0 Å². The van der Waals surface area contributed by atoms with Crippen molar-refractivity contribution in [1.82, 2.24) is 0 Å². The smallest absolute Gasteiger partial charge is 0.339 e. The highest BCUT2D eigenvalue weighted by molar-refractivity contribution is 5.86. The number of allylic oxidation sites excluding steroid dienone is 1. The molecule has 8 nitrogen and oxygen atoms in total. The monoisotopic (exact) mass is 576 g/mol. The van der Waals surface area contributed by atoms with Crippen molar-refractivity contribution in [2.45, 2.75) is 65.0 Å². The van der Waals surface area contributed by atoms with Crippen molar-refractivity contribution < 1.29 is 38.1 Å². The van der Waals surface area contributed by atoms with Gasteiger partial charge in [-0.05, 0) is 62.4 Å². The van der Waals surface area contributed by atoms with Crippen LogP contribution in [0.2, 0.25) is 0 Å². The number of carbonyl (C=O) groups is 3. The number of hydrogen-bond acceptors (Lipinski definition) is 8. The van der Waals surface area contributed by atoms with Crippen molar-refractivity contribution in [3.8, 4) is 0 Å². The van der Waals surface area contributed by atoms with Crippen LogP contribution in [-0.4, -0.2) is 55.5 Å². The second-order valence-electron chi connectivity index (χ2n) is 10.6. The van der Waals surface area contributed by atoms with Gasteiger partial charge in [-0.25, -0.2) is 14.4 Å². The van der Waals surface area contributed by atoms with E-state index in [-0.39, 0.29) is 19.8 Å². The van der Waals surface area contributed by atoms with Crippen LogP contribution in [0.3, 0.4) is 0 Å². The van der Waals surface area contributed by atoms with Crippen LogP contribution in [0.1, 0.15) is 45.2 Å². The number of aryl methyl sites for hydroxylation is 1. The Morgan fingerprint density at radius 2 is 1.45 bits per heavy atom. The van der Waals surface area contributed by atoms with Crippen LogP contribution in [0, 0.1) is 0 Å². The zero-order valence-corrected chi connectivity index (χ0v) is 24.7. The summed E-state index contributed by atoms with van der Waals surface area (Å²) in [6, 6.07) is 23.7. The summed E-state index contributed by atoms with van der Waals surface area (Å²) in [6.45, 7) is 6.30. The van der Waals surface area contributed by atoms with Gasteiger partial charge in [0.2, 0.25) is 0 Å². The average Bonchev–Trinajstić information content (AvgIpc) is 2.96. The summed E-state index contributed by atoms with van der Waals surface area (Å²) >= 11 is 0. The minimum absolute atomic E-state index is 0.00681. The Morgan fingerprint density at radius 3 is 2.17 bits per heavy atom. The molecule has 0 heterocycles. The fourth-order valence-corrected chi connectivity index (χ4v) is 4.08.